The Labute approximate surface area is 123 Å². The third-order valence-electron chi connectivity index (χ3n) is 3.92. The Morgan fingerprint density at radius 3 is 2.90 bits per heavy atom. The summed E-state index contributed by atoms with van der Waals surface area (Å²) in [4.78, 5) is 16.4. The van der Waals surface area contributed by atoms with Crippen molar-refractivity contribution in [3.05, 3.63) is 40.7 Å². The van der Waals surface area contributed by atoms with E-state index in [0.29, 0.717) is 11.7 Å². The molecule has 1 aliphatic carbocycles. The van der Waals surface area contributed by atoms with Gasteiger partial charge >= 0.3 is 0 Å². The van der Waals surface area contributed by atoms with Crippen LogP contribution in [0.4, 0.5) is 0 Å². The molecule has 20 heavy (non-hydrogen) atoms. The normalized spacial score (nSPS) is 19.8. The fourth-order valence-corrected chi connectivity index (χ4v) is 3.77. The van der Waals surface area contributed by atoms with Crippen LogP contribution < -0.4 is 0 Å². The SMILES string of the molecule is O=C1CCCCC(Cc2nc(-c3ccccc3)cs2)C1. The quantitative estimate of drug-likeness (QED) is 0.777. The van der Waals surface area contributed by atoms with Crippen molar-refractivity contribution in [2.24, 2.45) is 5.92 Å². The van der Waals surface area contributed by atoms with Gasteiger partial charge in [0.1, 0.15) is 5.78 Å². The summed E-state index contributed by atoms with van der Waals surface area (Å²) in [6.07, 6.45) is 5.93. The molecule has 0 N–H and O–H groups in total. The van der Waals surface area contributed by atoms with Gasteiger partial charge in [-0.25, -0.2) is 4.98 Å². The average Bonchev–Trinajstić information content (AvgIpc) is 2.83. The van der Waals surface area contributed by atoms with Gasteiger partial charge in [0.2, 0.25) is 0 Å². The van der Waals surface area contributed by atoms with Crippen molar-refractivity contribution in [2.45, 2.75) is 38.5 Å². The van der Waals surface area contributed by atoms with Crippen LogP contribution >= 0.6 is 11.3 Å². The molecule has 0 amide bonds. The zero-order valence-corrected chi connectivity index (χ0v) is 12.4. The molecule has 1 atom stereocenters. The number of thiazole rings is 1. The lowest BCUT2D eigenvalue weighted by atomic mass is 9.96. The lowest BCUT2D eigenvalue weighted by molar-refractivity contribution is -0.119. The van der Waals surface area contributed by atoms with E-state index in [0.717, 1.165) is 31.4 Å². The fourth-order valence-electron chi connectivity index (χ4n) is 2.85. The van der Waals surface area contributed by atoms with E-state index in [9.17, 15) is 4.79 Å². The summed E-state index contributed by atoms with van der Waals surface area (Å²) >= 11 is 1.72. The summed E-state index contributed by atoms with van der Waals surface area (Å²) in [6, 6.07) is 10.3. The van der Waals surface area contributed by atoms with Gasteiger partial charge in [0.25, 0.3) is 0 Å². The second-order valence-corrected chi connectivity index (χ2v) is 6.49. The molecule has 1 fully saturated rings. The molecule has 1 heterocycles. The zero-order chi connectivity index (χ0) is 13.8. The smallest absolute Gasteiger partial charge is 0.133 e. The first-order chi connectivity index (χ1) is 9.81. The molecule has 0 bridgehead atoms. The van der Waals surface area contributed by atoms with E-state index in [1.54, 1.807) is 11.3 Å². The van der Waals surface area contributed by atoms with Crippen LogP contribution in [0.1, 0.15) is 37.1 Å². The standard InChI is InChI=1S/C17H19NOS/c19-15-9-5-4-6-13(10-15)11-17-18-16(12-20-17)14-7-2-1-3-8-14/h1-3,7-8,12-13H,4-6,9-11H2. The maximum Gasteiger partial charge on any atom is 0.133 e. The van der Waals surface area contributed by atoms with Gasteiger partial charge in [-0.3, -0.25) is 4.79 Å². The van der Waals surface area contributed by atoms with Crippen molar-refractivity contribution in [3.63, 3.8) is 0 Å². The molecule has 2 nitrogen and oxygen atoms in total. The van der Waals surface area contributed by atoms with Crippen molar-refractivity contribution < 1.29 is 4.79 Å². The Kier molecular flexibility index (Phi) is 4.26. The van der Waals surface area contributed by atoms with Gasteiger partial charge in [0.15, 0.2) is 0 Å². The van der Waals surface area contributed by atoms with Gasteiger partial charge in [-0.2, -0.15) is 0 Å². The predicted molar refractivity (Wildman–Crippen MR) is 82.8 cm³/mol. The first-order valence-corrected chi connectivity index (χ1v) is 8.21. The van der Waals surface area contributed by atoms with Gasteiger partial charge in [0, 0.05) is 30.2 Å². The van der Waals surface area contributed by atoms with Gasteiger partial charge in [0.05, 0.1) is 10.7 Å². The van der Waals surface area contributed by atoms with Gasteiger partial charge < -0.3 is 0 Å². The minimum atomic E-state index is 0.437. The molecule has 0 radical (unpaired) electrons. The molecule has 104 valence electrons. The summed E-state index contributed by atoms with van der Waals surface area (Å²) in [5.41, 5.74) is 2.23. The molecule has 0 aliphatic heterocycles. The van der Waals surface area contributed by atoms with Gasteiger partial charge in [-0.1, -0.05) is 36.8 Å². The fraction of sp³-hybridized carbons (Fsp3) is 0.412. The zero-order valence-electron chi connectivity index (χ0n) is 11.5. The average molecular weight is 285 g/mol. The highest BCUT2D eigenvalue weighted by molar-refractivity contribution is 7.09. The molecule has 1 saturated carbocycles. The van der Waals surface area contributed by atoms with Crippen molar-refractivity contribution in [1.29, 1.82) is 0 Å². The number of aromatic nitrogens is 1. The number of nitrogens with zero attached hydrogens (tertiary/aromatic N) is 1. The first kappa shape index (κ1) is 13.5. The number of hydrogen-bond acceptors (Lipinski definition) is 3. The monoisotopic (exact) mass is 285 g/mol. The third-order valence-corrected chi connectivity index (χ3v) is 4.79. The molecular formula is C17H19NOS. The molecular weight excluding hydrogens is 266 g/mol. The lowest BCUT2D eigenvalue weighted by Crippen LogP contribution is -2.08. The van der Waals surface area contributed by atoms with E-state index in [1.165, 1.54) is 23.4 Å². The molecule has 3 heteroatoms. The molecule has 1 unspecified atom stereocenters. The van der Waals surface area contributed by atoms with Crippen LogP contribution in [0.2, 0.25) is 0 Å². The number of benzene rings is 1. The van der Waals surface area contributed by atoms with Crippen molar-refractivity contribution in [1.82, 2.24) is 4.98 Å². The first-order valence-electron chi connectivity index (χ1n) is 7.33. The van der Waals surface area contributed by atoms with E-state index in [-0.39, 0.29) is 0 Å². The van der Waals surface area contributed by atoms with Gasteiger partial charge in [-0.05, 0) is 18.8 Å². The summed E-state index contributed by atoms with van der Waals surface area (Å²) in [7, 11) is 0. The van der Waals surface area contributed by atoms with E-state index in [2.05, 4.69) is 17.5 Å². The molecule has 0 saturated heterocycles. The number of ketones is 1. The van der Waals surface area contributed by atoms with Crippen LogP contribution in [0.25, 0.3) is 11.3 Å². The Morgan fingerprint density at radius 2 is 2.05 bits per heavy atom. The van der Waals surface area contributed by atoms with Crippen molar-refractivity contribution >= 4 is 17.1 Å². The van der Waals surface area contributed by atoms with E-state index >= 15 is 0 Å². The summed E-state index contributed by atoms with van der Waals surface area (Å²) in [5, 5.41) is 3.30. The Morgan fingerprint density at radius 1 is 1.20 bits per heavy atom. The maximum absolute atomic E-state index is 11.7. The Hall–Kier alpha value is -1.48. The maximum atomic E-state index is 11.7. The minimum absolute atomic E-state index is 0.437. The van der Waals surface area contributed by atoms with Gasteiger partial charge in [-0.15, -0.1) is 11.3 Å². The summed E-state index contributed by atoms with van der Waals surface area (Å²) in [6.45, 7) is 0. The number of hydrogen-bond donors (Lipinski definition) is 0. The number of Topliss-reactive ketones (excluding diaryl/α,β-unsaturated/α-hetero) is 1. The third kappa shape index (κ3) is 3.34. The second kappa shape index (κ2) is 6.31. The van der Waals surface area contributed by atoms with E-state index < -0.39 is 0 Å². The number of rotatable bonds is 3. The van der Waals surface area contributed by atoms with Crippen molar-refractivity contribution in [3.8, 4) is 11.3 Å². The molecule has 2 aromatic rings. The topological polar surface area (TPSA) is 30.0 Å². The van der Waals surface area contributed by atoms with Crippen LogP contribution in [0.5, 0.6) is 0 Å². The molecule has 1 aromatic heterocycles. The Balaban J connectivity index is 1.69. The molecule has 1 aromatic carbocycles. The largest absolute Gasteiger partial charge is 0.300 e. The van der Waals surface area contributed by atoms with Crippen LogP contribution in [-0.2, 0) is 11.2 Å². The van der Waals surface area contributed by atoms with E-state index in [4.69, 9.17) is 4.98 Å². The number of carbonyl (C=O) groups is 1. The highest BCUT2D eigenvalue weighted by Gasteiger charge is 2.19. The van der Waals surface area contributed by atoms with Crippen LogP contribution in [0.15, 0.2) is 35.7 Å². The van der Waals surface area contributed by atoms with Crippen molar-refractivity contribution in [2.75, 3.05) is 0 Å². The van der Waals surface area contributed by atoms with Crippen LogP contribution in [0, 0.1) is 5.92 Å². The van der Waals surface area contributed by atoms with E-state index in [1.807, 2.05) is 18.2 Å². The molecule has 1 aliphatic rings. The summed E-state index contributed by atoms with van der Waals surface area (Å²) in [5.74, 6) is 0.937. The summed E-state index contributed by atoms with van der Waals surface area (Å²) < 4.78 is 0. The minimum Gasteiger partial charge on any atom is -0.300 e. The lowest BCUT2D eigenvalue weighted by Gasteiger charge is -2.10. The highest BCUT2D eigenvalue weighted by atomic mass is 32.1. The second-order valence-electron chi connectivity index (χ2n) is 5.55. The Bertz CT molecular complexity index is 576. The molecule has 3 rings (SSSR count). The predicted octanol–water partition coefficient (Wildman–Crippen LogP) is 4.50. The number of carbonyl (C=O) groups excluding carboxylic acids is 1. The van der Waals surface area contributed by atoms with Crippen LogP contribution in [0.3, 0.4) is 0 Å². The highest BCUT2D eigenvalue weighted by Crippen LogP contribution is 2.28. The van der Waals surface area contributed by atoms with Crippen LogP contribution in [-0.4, -0.2) is 10.8 Å². The molecule has 0 spiro atoms.